The molecule has 0 saturated carbocycles. The molecule has 0 saturated heterocycles. The molecular formula is C16H20N2O4. The molecule has 0 unspecified atom stereocenters. The molecular weight excluding hydrogens is 284 g/mol. The molecule has 6 heteroatoms. The predicted octanol–water partition coefficient (Wildman–Crippen LogP) is 2.56. The van der Waals surface area contributed by atoms with E-state index in [9.17, 15) is 9.59 Å². The van der Waals surface area contributed by atoms with Crippen LogP contribution in [0.2, 0.25) is 0 Å². The van der Waals surface area contributed by atoms with Crippen LogP contribution in [0.5, 0.6) is 5.75 Å². The maximum atomic E-state index is 12.1. The molecule has 1 aromatic carbocycles. The van der Waals surface area contributed by atoms with Gasteiger partial charge in [0.15, 0.2) is 5.76 Å². The van der Waals surface area contributed by atoms with E-state index in [0.717, 1.165) is 5.39 Å². The van der Waals surface area contributed by atoms with Crippen LogP contribution >= 0.6 is 0 Å². The van der Waals surface area contributed by atoms with Gasteiger partial charge in [-0.05, 0) is 31.0 Å². The molecule has 1 heterocycles. The summed E-state index contributed by atoms with van der Waals surface area (Å²) in [5.41, 5.74) is 6.05. The number of hydrogen-bond donors (Lipinski definition) is 2. The number of hydrogen-bond acceptors (Lipinski definition) is 4. The topological polar surface area (TPSA) is 80.6 Å². The number of carbonyl (C=O) groups excluding carboxylic acids is 2. The van der Waals surface area contributed by atoms with Crippen LogP contribution in [0.4, 0.5) is 0 Å². The van der Waals surface area contributed by atoms with Crippen molar-refractivity contribution in [3.8, 4) is 5.75 Å². The molecule has 0 atom stereocenters. The minimum Gasteiger partial charge on any atom is -0.497 e. The van der Waals surface area contributed by atoms with Crippen LogP contribution in [0, 0.1) is 12.8 Å². The summed E-state index contributed by atoms with van der Waals surface area (Å²) in [5.74, 6) is 0.363. The molecule has 2 N–H and O–H groups in total. The first-order valence-electron chi connectivity index (χ1n) is 7.08. The lowest BCUT2D eigenvalue weighted by molar-refractivity contribution is -0.122. The van der Waals surface area contributed by atoms with Gasteiger partial charge in [-0.15, -0.1) is 0 Å². The summed E-state index contributed by atoms with van der Waals surface area (Å²) in [6.45, 7) is 5.65. The van der Waals surface area contributed by atoms with Crippen molar-refractivity contribution in [2.45, 2.75) is 27.2 Å². The van der Waals surface area contributed by atoms with Crippen LogP contribution in [0.25, 0.3) is 11.0 Å². The van der Waals surface area contributed by atoms with Gasteiger partial charge >= 0.3 is 5.91 Å². The highest BCUT2D eigenvalue weighted by Gasteiger charge is 2.18. The Labute approximate surface area is 128 Å². The third-order valence-corrected chi connectivity index (χ3v) is 3.26. The van der Waals surface area contributed by atoms with Crippen molar-refractivity contribution in [3.05, 3.63) is 29.5 Å². The minimum atomic E-state index is -0.482. The second kappa shape index (κ2) is 6.51. The molecule has 6 nitrogen and oxygen atoms in total. The van der Waals surface area contributed by atoms with Gasteiger partial charge in [0.1, 0.15) is 11.3 Å². The predicted molar refractivity (Wildman–Crippen MR) is 82.6 cm³/mol. The van der Waals surface area contributed by atoms with Crippen molar-refractivity contribution in [2.75, 3.05) is 7.11 Å². The fourth-order valence-corrected chi connectivity index (χ4v) is 2.15. The highest BCUT2D eigenvalue weighted by molar-refractivity contribution is 5.99. The molecule has 0 radical (unpaired) electrons. The number of benzene rings is 1. The number of nitrogens with one attached hydrogen (secondary N) is 2. The van der Waals surface area contributed by atoms with Crippen LogP contribution in [-0.2, 0) is 4.79 Å². The highest BCUT2D eigenvalue weighted by Crippen LogP contribution is 2.28. The Morgan fingerprint density at radius 3 is 2.64 bits per heavy atom. The zero-order chi connectivity index (χ0) is 16.3. The largest absolute Gasteiger partial charge is 0.497 e. The summed E-state index contributed by atoms with van der Waals surface area (Å²) in [4.78, 5) is 23.7. The molecule has 118 valence electrons. The first-order valence-corrected chi connectivity index (χ1v) is 7.08. The lowest BCUT2D eigenvalue weighted by Crippen LogP contribution is -2.42. The van der Waals surface area contributed by atoms with E-state index in [1.807, 2.05) is 19.9 Å². The van der Waals surface area contributed by atoms with Crippen molar-refractivity contribution in [1.29, 1.82) is 0 Å². The zero-order valence-electron chi connectivity index (χ0n) is 13.1. The fourth-order valence-electron chi connectivity index (χ4n) is 2.15. The van der Waals surface area contributed by atoms with Gasteiger partial charge < -0.3 is 9.15 Å². The molecule has 2 rings (SSSR count). The van der Waals surface area contributed by atoms with Crippen LogP contribution < -0.4 is 15.6 Å². The molecule has 2 aromatic rings. The molecule has 0 aliphatic rings. The Morgan fingerprint density at radius 2 is 2.00 bits per heavy atom. The number of furan rings is 1. The maximum absolute atomic E-state index is 12.1. The van der Waals surface area contributed by atoms with E-state index < -0.39 is 5.91 Å². The van der Waals surface area contributed by atoms with Crippen molar-refractivity contribution in [3.63, 3.8) is 0 Å². The second-order valence-corrected chi connectivity index (χ2v) is 5.52. The number of carbonyl (C=O) groups is 2. The van der Waals surface area contributed by atoms with Gasteiger partial charge in [0.05, 0.1) is 7.11 Å². The third kappa shape index (κ3) is 3.39. The van der Waals surface area contributed by atoms with Crippen LogP contribution in [0.15, 0.2) is 22.6 Å². The van der Waals surface area contributed by atoms with E-state index in [0.29, 0.717) is 23.3 Å². The number of fused-ring (bicyclic) bond motifs is 1. The quantitative estimate of drug-likeness (QED) is 0.851. The summed E-state index contributed by atoms with van der Waals surface area (Å²) < 4.78 is 10.7. The van der Waals surface area contributed by atoms with Crippen molar-refractivity contribution in [2.24, 2.45) is 5.92 Å². The maximum Gasteiger partial charge on any atom is 0.305 e. The third-order valence-electron chi connectivity index (χ3n) is 3.26. The summed E-state index contributed by atoms with van der Waals surface area (Å²) in [7, 11) is 1.58. The van der Waals surface area contributed by atoms with Crippen LogP contribution in [0.3, 0.4) is 0 Å². The SMILES string of the molecule is COc1ccc2oc(C(=O)NNC(=O)CC(C)C)c(C)c2c1. The van der Waals surface area contributed by atoms with E-state index in [1.54, 1.807) is 26.2 Å². The second-order valence-electron chi connectivity index (χ2n) is 5.52. The van der Waals surface area contributed by atoms with Crippen molar-refractivity contribution >= 4 is 22.8 Å². The van der Waals surface area contributed by atoms with Gasteiger partial charge in [-0.25, -0.2) is 0 Å². The Hall–Kier alpha value is -2.50. The summed E-state index contributed by atoms with van der Waals surface area (Å²) in [6.07, 6.45) is 0.344. The highest BCUT2D eigenvalue weighted by atomic mass is 16.5. The molecule has 0 spiro atoms. The number of rotatable bonds is 4. The van der Waals surface area contributed by atoms with Gasteiger partial charge in [-0.2, -0.15) is 0 Å². The van der Waals surface area contributed by atoms with Crippen LogP contribution in [-0.4, -0.2) is 18.9 Å². The normalized spacial score (nSPS) is 10.8. The van der Waals surface area contributed by atoms with E-state index in [-0.39, 0.29) is 17.6 Å². The van der Waals surface area contributed by atoms with Gasteiger partial charge in [0.2, 0.25) is 5.91 Å². The molecule has 22 heavy (non-hydrogen) atoms. The molecule has 0 aliphatic heterocycles. The lowest BCUT2D eigenvalue weighted by atomic mass is 10.1. The van der Waals surface area contributed by atoms with Gasteiger partial charge in [0.25, 0.3) is 0 Å². The number of aryl methyl sites for hydroxylation is 1. The van der Waals surface area contributed by atoms with Crippen LogP contribution in [0.1, 0.15) is 36.4 Å². The number of methoxy groups -OCH3 is 1. The molecule has 1 aromatic heterocycles. The number of ether oxygens (including phenoxy) is 1. The Balaban J connectivity index is 2.15. The van der Waals surface area contributed by atoms with Gasteiger partial charge in [-0.3, -0.25) is 20.4 Å². The summed E-state index contributed by atoms with van der Waals surface area (Å²) in [6, 6.07) is 5.31. The summed E-state index contributed by atoms with van der Waals surface area (Å²) >= 11 is 0. The van der Waals surface area contributed by atoms with Crippen molar-refractivity contribution in [1.82, 2.24) is 10.9 Å². The Kier molecular flexibility index (Phi) is 4.70. The molecule has 0 aliphatic carbocycles. The lowest BCUT2D eigenvalue weighted by Gasteiger charge is -2.07. The van der Waals surface area contributed by atoms with Crippen molar-refractivity contribution < 1.29 is 18.7 Å². The molecule has 0 bridgehead atoms. The van der Waals surface area contributed by atoms with E-state index in [1.165, 1.54) is 0 Å². The molecule has 2 amide bonds. The zero-order valence-corrected chi connectivity index (χ0v) is 13.1. The minimum absolute atomic E-state index is 0.174. The fraction of sp³-hybridized carbons (Fsp3) is 0.375. The van der Waals surface area contributed by atoms with E-state index >= 15 is 0 Å². The first-order chi connectivity index (χ1) is 10.4. The summed E-state index contributed by atoms with van der Waals surface area (Å²) in [5, 5.41) is 0.804. The van der Waals surface area contributed by atoms with Gasteiger partial charge in [-0.1, -0.05) is 13.8 Å². The average Bonchev–Trinajstić information content (AvgIpc) is 2.81. The van der Waals surface area contributed by atoms with Gasteiger partial charge in [0, 0.05) is 17.4 Å². The van der Waals surface area contributed by atoms with E-state index in [2.05, 4.69) is 10.9 Å². The Morgan fingerprint density at radius 1 is 1.27 bits per heavy atom. The van der Waals surface area contributed by atoms with E-state index in [4.69, 9.17) is 9.15 Å². The Bertz CT molecular complexity index is 703. The monoisotopic (exact) mass is 304 g/mol. The number of hydrazine groups is 1. The average molecular weight is 304 g/mol. The number of amides is 2. The standard InChI is InChI=1S/C16H20N2O4/c1-9(2)7-14(19)17-18-16(20)15-10(3)12-8-11(21-4)5-6-13(12)22-15/h5-6,8-9H,7H2,1-4H3,(H,17,19)(H,18,20). The first kappa shape index (κ1) is 15.9. The molecule has 0 fully saturated rings. The smallest absolute Gasteiger partial charge is 0.305 e.